The van der Waals surface area contributed by atoms with Crippen molar-refractivity contribution in [3.63, 3.8) is 0 Å². The van der Waals surface area contributed by atoms with E-state index in [-0.39, 0.29) is 23.8 Å². The van der Waals surface area contributed by atoms with Gasteiger partial charge in [0.25, 0.3) is 0 Å². The summed E-state index contributed by atoms with van der Waals surface area (Å²) in [7, 11) is 0. The van der Waals surface area contributed by atoms with E-state index in [1.165, 1.54) is 0 Å². The Labute approximate surface area is 186 Å². The lowest BCUT2D eigenvalue weighted by Gasteiger charge is -2.37. The Kier molecular flexibility index (Phi) is 6.57. The molecule has 31 heavy (non-hydrogen) atoms. The molecule has 3 amide bonds. The molecule has 0 radical (unpaired) electrons. The zero-order chi connectivity index (χ0) is 21.6. The maximum atomic E-state index is 13.0. The van der Waals surface area contributed by atoms with Gasteiger partial charge in [0.15, 0.2) is 0 Å². The fourth-order valence-corrected chi connectivity index (χ4v) is 4.02. The second-order valence-corrected chi connectivity index (χ2v) is 8.12. The highest BCUT2D eigenvalue weighted by molar-refractivity contribution is 6.30. The number of halogens is 1. The summed E-state index contributed by atoms with van der Waals surface area (Å²) in [4.78, 5) is 27.6. The molecule has 1 aromatic heterocycles. The van der Waals surface area contributed by atoms with Crippen LogP contribution in [0.3, 0.4) is 0 Å². The maximum Gasteiger partial charge on any atom is 0.321 e. The molecule has 1 fully saturated rings. The Morgan fingerprint density at radius 2 is 1.77 bits per heavy atom. The standard InChI is InChI=1S/C24H24ClN3O3/c25-20-8-10-21(11-9-20)27-24(30)28-15-18(17-5-2-1-3-6-17)13-19(16-28)23(29)26-14-22-7-4-12-31-22/h1-12,18-19H,13-16H2,(H,26,29)(H,27,30). The number of hydrogen-bond acceptors (Lipinski definition) is 3. The normalized spacial score (nSPS) is 18.4. The molecule has 0 saturated carbocycles. The van der Waals surface area contributed by atoms with Crippen LogP contribution in [0.4, 0.5) is 10.5 Å². The number of nitrogens with one attached hydrogen (secondary N) is 2. The number of nitrogens with zero attached hydrogens (tertiary/aromatic N) is 1. The third kappa shape index (κ3) is 5.47. The van der Waals surface area contributed by atoms with Gasteiger partial charge in [-0.2, -0.15) is 0 Å². The first kappa shape index (κ1) is 21.0. The summed E-state index contributed by atoms with van der Waals surface area (Å²) in [6.07, 6.45) is 2.26. The van der Waals surface area contributed by atoms with Crippen molar-refractivity contribution in [2.75, 3.05) is 18.4 Å². The highest BCUT2D eigenvalue weighted by atomic mass is 35.5. The third-order valence-corrected chi connectivity index (χ3v) is 5.74. The molecular formula is C24H24ClN3O3. The number of likely N-dealkylation sites (tertiary alicyclic amines) is 1. The van der Waals surface area contributed by atoms with Crippen LogP contribution in [0.15, 0.2) is 77.4 Å². The number of rotatable bonds is 5. The fraction of sp³-hybridized carbons (Fsp3) is 0.250. The van der Waals surface area contributed by atoms with Crippen LogP contribution in [0.25, 0.3) is 0 Å². The van der Waals surface area contributed by atoms with Gasteiger partial charge in [-0.1, -0.05) is 41.9 Å². The van der Waals surface area contributed by atoms with Gasteiger partial charge >= 0.3 is 6.03 Å². The largest absolute Gasteiger partial charge is 0.467 e. The van der Waals surface area contributed by atoms with Crippen molar-refractivity contribution in [2.45, 2.75) is 18.9 Å². The van der Waals surface area contributed by atoms with Crippen LogP contribution in [0.1, 0.15) is 23.7 Å². The number of anilines is 1. The van der Waals surface area contributed by atoms with Crippen LogP contribution in [0.5, 0.6) is 0 Å². The van der Waals surface area contributed by atoms with E-state index < -0.39 is 0 Å². The van der Waals surface area contributed by atoms with Crippen molar-refractivity contribution in [2.24, 2.45) is 5.92 Å². The van der Waals surface area contributed by atoms with Gasteiger partial charge in [-0.05, 0) is 48.4 Å². The lowest BCUT2D eigenvalue weighted by Crippen LogP contribution is -2.49. The van der Waals surface area contributed by atoms with Crippen LogP contribution < -0.4 is 10.6 Å². The van der Waals surface area contributed by atoms with E-state index in [1.807, 2.05) is 36.4 Å². The smallest absolute Gasteiger partial charge is 0.321 e. The van der Waals surface area contributed by atoms with Crippen LogP contribution in [0.2, 0.25) is 5.02 Å². The van der Waals surface area contributed by atoms with Crippen molar-refractivity contribution in [1.82, 2.24) is 10.2 Å². The molecule has 2 aromatic carbocycles. The molecule has 1 aliphatic heterocycles. The number of benzene rings is 2. The molecule has 3 aromatic rings. The first-order valence-corrected chi connectivity index (χ1v) is 10.6. The summed E-state index contributed by atoms with van der Waals surface area (Å²) in [5.74, 6) is 0.373. The summed E-state index contributed by atoms with van der Waals surface area (Å²) in [5, 5.41) is 6.45. The van der Waals surface area contributed by atoms with Gasteiger partial charge in [0.05, 0.1) is 18.7 Å². The van der Waals surface area contributed by atoms with E-state index in [9.17, 15) is 9.59 Å². The molecule has 2 heterocycles. The van der Waals surface area contributed by atoms with E-state index in [0.29, 0.717) is 42.5 Å². The highest BCUT2D eigenvalue weighted by Gasteiger charge is 2.34. The molecule has 1 saturated heterocycles. The number of carbonyl (C=O) groups excluding carboxylic acids is 2. The number of amides is 3. The summed E-state index contributed by atoms with van der Waals surface area (Å²) < 4.78 is 5.30. The predicted molar refractivity (Wildman–Crippen MR) is 120 cm³/mol. The molecule has 1 aliphatic rings. The zero-order valence-corrected chi connectivity index (χ0v) is 17.7. The van der Waals surface area contributed by atoms with Gasteiger partial charge in [0.2, 0.25) is 5.91 Å². The predicted octanol–water partition coefficient (Wildman–Crippen LogP) is 4.89. The number of carbonyl (C=O) groups is 2. The summed E-state index contributed by atoms with van der Waals surface area (Å²) >= 11 is 5.93. The Bertz CT molecular complexity index is 1010. The second-order valence-electron chi connectivity index (χ2n) is 7.68. The molecule has 2 unspecified atom stereocenters. The van der Waals surface area contributed by atoms with Crippen molar-refractivity contribution >= 4 is 29.2 Å². The lowest BCUT2D eigenvalue weighted by atomic mass is 9.84. The Morgan fingerprint density at radius 1 is 1.00 bits per heavy atom. The quantitative estimate of drug-likeness (QED) is 0.597. The number of furan rings is 1. The van der Waals surface area contributed by atoms with Crippen LogP contribution in [-0.4, -0.2) is 29.9 Å². The van der Waals surface area contributed by atoms with Crippen molar-refractivity contribution in [3.8, 4) is 0 Å². The number of hydrogen-bond donors (Lipinski definition) is 2. The Hall–Kier alpha value is -3.25. The SMILES string of the molecule is O=C(NCc1ccco1)C1CC(c2ccccc2)CN(C(=O)Nc2ccc(Cl)cc2)C1. The molecule has 4 rings (SSSR count). The fourth-order valence-electron chi connectivity index (χ4n) is 3.89. The molecule has 0 bridgehead atoms. The number of urea groups is 1. The molecule has 0 aliphatic carbocycles. The van der Waals surface area contributed by atoms with E-state index in [1.54, 1.807) is 41.5 Å². The van der Waals surface area contributed by atoms with Crippen LogP contribution >= 0.6 is 11.6 Å². The minimum absolute atomic E-state index is 0.0743. The van der Waals surface area contributed by atoms with Crippen LogP contribution in [0, 0.1) is 5.92 Å². The Balaban J connectivity index is 1.47. The van der Waals surface area contributed by atoms with E-state index >= 15 is 0 Å². The van der Waals surface area contributed by atoms with Crippen molar-refractivity contribution in [3.05, 3.63) is 89.3 Å². The zero-order valence-electron chi connectivity index (χ0n) is 17.0. The molecule has 0 spiro atoms. The van der Waals surface area contributed by atoms with E-state index in [2.05, 4.69) is 10.6 Å². The Morgan fingerprint density at radius 3 is 2.48 bits per heavy atom. The summed E-state index contributed by atoms with van der Waals surface area (Å²) in [5.41, 5.74) is 1.78. The van der Waals surface area contributed by atoms with Crippen molar-refractivity contribution < 1.29 is 14.0 Å². The van der Waals surface area contributed by atoms with Gasteiger partial charge in [0, 0.05) is 29.7 Å². The average molecular weight is 438 g/mol. The topological polar surface area (TPSA) is 74.6 Å². The average Bonchev–Trinajstić information content (AvgIpc) is 3.33. The molecule has 2 N–H and O–H groups in total. The second kappa shape index (κ2) is 9.71. The minimum atomic E-state index is -0.315. The molecule has 2 atom stereocenters. The van der Waals surface area contributed by atoms with E-state index in [4.69, 9.17) is 16.0 Å². The summed E-state index contributed by atoms with van der Waals surface area (Å²) in [6, 6.07) is 20.4. The minimum Gasteiger partial charge on any atom is -0.467 e. The van der Waals surface area contributed by atoms with E-state index in [0.717, 1.165) is 5.56 Å². The number of piperidine rings is 1. The molecular weight excluding hydrogens is 414 g/mol. The first-order valence-electron chi connectivity index (χ1n) is 10.2. The van der Waals surface area contributed by atoms with Crippen molar-refractivity contribution in [1.29, 1.82) is 0 Å². The van der Waals surface area contributed by atoms with Crippen LogP contribution in [-0.2, 0) is 11.3 Å². The third-order valence-electron chi connectivity index (χ3n) is 5.49. The van der Waals surface area contributed by atoms with Gasteiger partial charge in [-0.3, -0.25) is 4.79 Å². The van der Waals surface area contributed by atoms with Gasteiger partial charge in [0.1, 0.15) is 5.76 Å². The summed E-state index contributed by atoms with van der Waals surface area (Å²) in [6.45, 7) is 1.23. The van der Waals surface area contributed by atoms with Gasteiger partial charge in [-0.15, -0.1) is 0 Å². The maximum absolute atomic E-state index is 13.0. The molecule has 7 heteroatoms. The molecule has 6 nitrogen and oxygen atoms in total. The highest BCUT2D eigenvalue weighted by Crippen LogP contribution is 2.31. The van der Waals surface area contributed by atoms with Gasteiger partial charge < -0.3 is 20.0 Å². The monoisotopic (exact) mass is 437 g/mol. The first-order chi connectivity index (χ1) is 15.1. The van der Waals surface area contributed by atoms with Gasteiger partial charge in [-0.25, -0.2) is 4.79 Å². The lowest BCUT2D eigenvalue weighted by molar-refractivity contribution is -0.126. The molecule has 160 valence electrons.